The van der Waals surface area contributed by atoms with Gasteiger partial charge in [0.25, 0.3) is 11.8 Å². The Balaban J connectivity index is 1.50. The third kappa shape index (κ3) is 4.96. The topological polar surface area (TPSA) is 83.6 Å². The first-order valence-corrected chi connectivity index (χ1v) is 9.23. The van der Waals surface area contributed by atoms with Crippen molar-refractivity contribution in [2.75, 3.05) is 44.7 Å². The second-order valence-corrected chi connectivity index (χ2v) is 6.53. The summed E-state index contributed by atoms with van der Waals surface area (Å²) in [4.78, 5) is 30.3. The van der Waals surface area contributed by atoms with Crippen molar-refractivity contribution < 1.29 is 18.7 Å². The van der Waals surface area contributed by atoms with Crippen LogP contribution in [-0.2, 0) is 4.74 Å². The largest absolute Gasteiger partial charge is 0.378 e. The van der Waals surface area contributed by atoms with Gasteiger partial charge < -0.3 is 20.3 Å². The maximum absolute atomic E-state index is 13.6. The van der Waals surface area contributed by atoms with E-state index in [0.717, 1.165) is 0 Å². The van der Waals surface area contributed by atoms with E-state index in [4.69, 9.17) is 16.3 Å². The third-order valence-electron chi connectivity index (χ3n) is 4.21. The van der Waals surface area contributed by atoms with E-state index >= 15 is 0 Å². The summed E-state index contributed by atoms with van der Waals surface area (Å²) in [5.74, 6) is -0.801. The molecule has 1 saturated heterocycles. The lowest BCUT2D eigenvalue weighted by atomic mass is 10.2. The molecule has 0 radical (unpaired) electrons. The van der Waals surface area contributed by atoms with E-state index in [1.54, 1.807) is 17.0 Å². The molecule has 0 unspecified atom stereocenters. The number of nitrogens with one attached hydrogen (secondary N) is 2. The highest BCUT2D eigenvalue weighted by Gasteiger charge is 2.19. The lowest BCUT2D eigenvalue weighted by Crippen LogP contribution is -2.40. The number of halogens is 2. The molecule has 2 amide bonds. The summed E-state index contributed by atoms with van der Waals surface area (Å²) in [6.45, 7) is 2.70. The number of hydrogen-bond acceptors (Lipinski definition) is 5. The Bertz CT molecular complexity index is 859. The van der Waals surface area contributed by atoms with Gasteiger partial charge in [-0.05, 0) is 18.2 Å². The SMILES string of the molecule is O=C(NCCNc1ncc(C(=O)N2CCOCC2)cc1Cl)c1ccccc1F. The molecule has 0 saturated carbocycles. The number of aromatic nitrogens is 1. The fourth-order valence-electron chi connectivity index (χ4n) is 2.73. The van der Waals surface area contributed by atoms with Crippen LogP contribution in [0, 0.1) is 5.82 Å². The van der Waals surface area contributed by atoms with E-state index in [1.165, 1.54) is 24.4 Å². The van der Waals surface area contributed by atoms with E-state index < -0.39 is 11.7 Å². The Morgan fingerprint density at radius 1 is 1.21 bits per heavy atom. The smallest absolute Gasteiger partial charge is 0.255 e. The Labute approximate surface area is 166 Å². The molecular formula is C19H20ClFN4O3. The molecule has 2 N–H and O–H groups in total. The van der Waals surface area contributed by atoms with Gasteiger partial charge in [-0.2, -0.15) is 0 Å². The van der Waals surface area contributed by atoms with Gasteiger partial charge in [-0.3, -0.25) is 9.59 Å². The molecule has 1 aliphatic heterocycles. The van der Waals surface area contributed by atoms with Crippen molar-refractivity contribution in [2.45, 2.75) is 0 Å². The first-order chi connectivity index (χ1) is 13.6. The molecule has 2 aromatic rings. The van der Waals surface area contributed by atoms with Gasteiger partial charge in [-0.15, -0.1) is 0 Å². The molecule has 148 valence electrons. The van der Waals surface area contributed by atoms with Crippen molar-refractivity contribution in [1.29, 1.82) is 0 Å². The summed E-state index contributed by atoms with van der Waals surface area (Å²) in [5, 5.41) is 5.91. The lowest BCUT2D eigenvalue weighted by molar-refractivity contribution is 0.0302. The second kappa shape index (κ2) is 9.48. The van der Waals surface area contributed by atoms with Crippen LogP contribution in [0.5, 0.6) is 0 Å². The van der Waals surface area contributed by atoms with Gasteiger partial charge in [0, 0.05) is 32.4 Å². The number of morpholine rings is 1. The zero-order chi connectivity index (χ0) is 19.9. The minimum absolute atomic E-state index is 0.00960. The minimum Gasteiger partial charge on any atom is -0.378 e. The molecule has 0 aliphatic carbocycles. The normalized spacial score (nSPS) is 13.9. The maximum atomic E-state index is 13.6. The van der Waals surface area contributed by atoms with Crippen LogP contribution in [0.2, 0.25) is 5.02 Å². The molecule has 1 aliphatic rings. The number of rotatable bonds is 6. The van der Waals surface area contributed by atoms with Crippen molar-refractivity contribution in [3.05, 3.63) is 58.5 Å². The zero-order valence-electron chi connectivity index (χ0n) is 15.1. The zero-order valence-corrected chi connectivity index (χ0v) is 15.8. The Morgan fingerprint density at radius 3 is 2.68 bits per heavy atom. The van der Waals surface area contributed by atoms with Gasteiger partial charge in [0.15, 0.2) is 0 Å². The molecule has 28 heavy (non-hydrogen) atoms. The number of benzene rings is 1. The number of nitrogens with zero attached hydrogens (tertiary/aromatic N) is 2. The van der Waals surface area contributed by atoms with Crippen molar-refractivity contribution in [1.82, 2.24) is 15.2 Å². The van der Waals surface area contributed by atoms with E-state index in [0.29, 0.717) is 49.3 Å². The van der Waals surface area contributed by atoms with E-state index in [2.05, 4.69) is 15.6 Å². The summed E-state index contributed by atoms with van der Waals surface area (Å²) in [6, 6.07) is 7.33. The van der Waals surface area contributed by atoms with Crippen molar-refractivity contribution in [2.24, 2.45) is 0 Å². The Kier molecular flexibility index (Phi) is 6.78. The number of carbonyl (C=O) groups excluding carboxylic acids is 2. The van der Waals surface area contributed by atoms with Crippen LogP contribution in [0.4, 0.5) is 10.2 Å². The number of anilines is 1. The molecule has 3 rings (SSSR count). The van der Waals surface area contributed by atoms with Gasteiger partial charge >= 0.3 is 0 Å². The van der Waals surface area contributed by atoms with E-state index in [-0.39, 0.29) is 18.0 Å². The fraction of sp³-hybridized carbons (Fsp3) is 0.316. The third-order valence-corrected chi connectivity index (χ3v) is 4.50. The van der Waals surface area contributed by atoms with Gasteiger partial charge in [-0.1, -0.05) is 23.7 Å². The summed E-state index contributed by atoms with van der Waals surface area (Å²) in [7, 11) is 0. The van der Waals surface area contributed by atoms with Crippen molar-refractivity contribution in [3.8, 4) is 0 Å². The number of pyridine rings is 1. The van der Waals surface area contributed by atoms with Gasteiger partial charge in [0.2, 0.25) is 0 Å². The minimum atomic E-state index is -0.571. The number of amides is 2. The summed E-state index contributed by atoms with van der Waals surface area (Å²) in [6.07, 6.45) is 1.46. The highest BCUT2D eigenvalue weighted by atomic mass is 35.5. The van der Waals surface area contributed by atoms with Crippen LogP contribution >= 0.6 is 11.6 Å². The number of ether oxygens (including phenoxy) is 1. The lowest BCUT2D eigenvalue weighted by Gasteiger charge is -2.26. The van der Waals surface area contributed by atoms with Gasteiger partial charge in [-0.25, -0.2) is 9.37 Å². The van der Waals surface area contributed by atoms with Crippen LogP contribution in [0.15, 0.2) is 36.5 Å². The molecule has 1 fully saturated rings. The number of carbonyl (C=O) groups is 2. The van der Waals surface area contributed by atoms with Crippen molar-refractivity contribution >= 4 is 29.2 Å². The molecule has 7 nitrogen and oxygen atoms in total. The molecule has 0 bridgehead atoms. The maximum Gasteiger partial charge on any atom is 0.255 e. The molecule has 1 aromatic heterocycles. The van der Waals surface area contributed by atoms with Crippen LogP contribution in [0.3, 0.4) is 0 Å². The quantitative estimate of drug-likeness (QED) is 0.718. The molecule has 0 atom stereocenters. The van der Waals surface area contributed by atoms with E-state index in [9.17, 15) is 14.0 Å². The first kappa shape index (κ1) is 20.0. The second-order valence-electron chi connectivity index (χ2n) is 6.12. The van der Waals surface area contributed by atoms with Crippen LogP contribution < -0.4 is 10.6 Å². The molecule has 2 heterocycles. The predicted molar refractivity (Wildman–Crippen MR) is 103 cm³/mol. The molecule has 0 spiro atoms. The molecule has 1 aromatic carbocycles. The molecular weight excluding hydrogens is 387 g/mol. The fourth-order valence-corrected chi connectivity index (χ4v) is 2.96. The monoisotopic (exact) mass is 406 g/mol. The predicted octanol–water partition coefficient (Wildman–Crippen LogP) is 2.19. The van der Waals surface area contributed by atoms with Crippen LogP contribution in [0.25, 0.3) is 0 Å². The van der Waals surface area contributed by atoms with Crippen LogP contribution in [0.1, 0.15) is 20.7 Å². The van der Waals surface area contributed by atoms with Crippen molar-refractivity contribution in [3.63, 3.8) is 0 Å². The number of hydrogen-bond donors (Lipinski definition) is 2. The average molecular weight is 407 g/mol. The Hall–Kier alpha value is -2.71. The first-order valence-electron chi connectivity index (χ1n) is 8.85. The summed E-state index contributed by atoms with van der Waals surface area (Å²) in [5.41, 5.74) is 0.398. The molecule has 9 heteroatoms. The standard InChI is InChI=1S/C19H20ClFN4O3/c20-15-11-13(19(27)25-7-9-28-10-8-25)12-24-17(15)22-5-6-23-18(26)14-3-1-2-4-16(14)21/h1-4,11-12H,5-10H2,(H,22,24)(H,23,26). The summed E-state index contributed by atoms with van der Waals surface area (Å²) >= 11 is 6.21. The average Bonchev–Trinajstić information content (AvgIpc) is 2.72. The van der Waals surface area contributed by atoms with Gasteiger partial charge in [0.05, 0.1) is 29.4 Å². The highest BCUT2D eigenvalue weighted by molar-refractivity contribution is 6.33. The van der Waals surface area contributed by atoms with Crippen LogP contribution in [-0.4, -0.2) is 61.1 Å². The highest BCUT2D eigenvalue weighted by Crippen LogP contribution is 2.21. The van der Waals surface area contributed by atoms with E-state index in [1.807, 2.05) is 0 Å². The van der Waals surface area contributed by atoms with Gasteiger partial charge in [0.1, 0.15) is 11.6 Å². The Morgan fingerprint density at radius 2 is 1.96 bits per heavy atom. The summed E-state index contributed by atoms with van der Waals surface area (Å²) < 4.78 is 18.8.